The predicted octanol–water partition coefficient (Wildman–Crippen LogP) is 0.491. The van der Waals surface area contributed by atoms with Crippen molar-refractivity contribution in [3.8, 4) is 5.75 Å². The van der Waals surface area contributed by atoms with Crippen LogP contribution in [0.2, 0.25) is 0 Å². The van der Waals surface area contributed by atoms with E-state index in [0.717, 1.165) is 53.7 Å². The number of piperidine rings is 1. The molecule has 1 spiro atoms. The molecular weight excluding hydrogens is 360 g/mol. The summed E-state index contributed by atoms with van der Waals surface area (Å²) in [7, 11) is 0. The molecule has 0 amide bonds. The number of carbonyl (C=O) groups excluding carboxylic acids is 1. The van der Waals surface area contributed by atoms with E-state index < -0.39 is 0 Å². The number of allylic oxidation sites excluding steroid dienone is 2. The number of hydrogen-bond acceptors (Lipinski definition) is 3. The lowest BCUT2D eigenvalue weighted by molar-refractivity contribution is -0.941. The molecule has 27 heavy (non-hydrogen) atoms. The second-order valence-corrected chi connectivity index (χ2v) is 8.49. The third-order valence-electron chi connectivity index (χ3n) is 7.64. The van der Waals surface area contributed by atoms with Crippen LogP contribution in [0.3, 0.4) is 0 Å². The summed E-state index contributed by atoms with van der Waals surface area (Å²) < 4.78 is 1.14. The maximum atomic E-state index is 12.2. The Kier molecular flexibility index (Phi) is 4.21. The Morgan fingerprint density at radius 1 is 1.41 bits per heavy atom. The molecule has 1 aromatic carbocycles. The summed E-state index contributed by atoms with van der Waals surface area (Å²) in [5.74, 6) is 0.529. The average Bonchev–Trinajstić information content (AvgIpc) is 3.17. The largest absolute Gasteiger partial charge is 1.00 e. The fourth-order valence-corrected chi connectivity index (χ4v) is 6.73. The normalized spacial score (nSPS) is 36.7. The van der Waals surface area contributed by atoms with Crippen LogP contribution in [0.4, 0.5) is 5.69 Å². The first-order valence-electron chi connectivity index (χ1n) is 9.91. The number of aromatic hydroxyl groups is 1. The van der Waals surface area contributed by atoms with Crippen molar-refractivity contribution in [1.82, 2.24) is 0 Å². The molecule has 3 heterocycles. The summed E-state index contributed by atoms with van der Waals surface area (Å²) in [5.41, 5.74) is 5.32. The number of halogens is 1. The molecule has 4 nitrogen and oxygen atoms in total. The van der Waals surface area contributed by atoms with Gasteiger partial charge in [-0.1, -0.05) is 25.1 Å². The van der Waals surface area contributed by atoms with Crippen molar-refractivity contribution >= 4 is 12.0 Å². The van der Waals surface area contributed by atoms with Crippen molar-refractivity contribution in [3.05, 3.63) is 46.7 Å². The highest BCUT2D eigenvalue weighted by Gasteiger charge is 2.68. The Labute approximate surface area is 166 Å². The first-order valence-corrected chi connectivity index (χ1v) is 9.91. The summed E-state index contributed by atoms with van der Waals surface area (Å²) in [6.45, 7) is 7.80. The molecule has 2 unspecified atom stereocenters. The van der Waals surface area contributed by atoms with Crippen LogP contribution in [-0.4, -0.2) is 41.6 Å². The minimum absolute atomic E-state index is 0. The molecular formula is C22H27ClN2O2. The molecule has 144 valence electrons. The molecule has 1 aromatic rings. The highest BCUT2D eigenvalue weighted by Crippen LogP contribution is 2.64. The van der Waals surface area contributed by atoms with E-state index in [1.54, 1.807) is 6.07 Å². The first-order chi connectivity index (χ1) is 12.6. The number of phenols is 1. The van der Waals surface area contributed by atoms with E-state index in [1.165, 1.54) is 24.1 Å². The van der Waals surface area contributed by atoms with Crippen LogP contribution in [0.25, 0.3) is 0 Å². The van der Waals surface area contributed by atoms with Gasteiger partial charge >= 0.3 is 0 Å². The quantitative estimate of drug-likeness (QED) is 0.344. The summed E-state index contributed by atoms with van der Waals surface area (Å²) >= 11 is 0. The highest BCUT2D eigenvalue weighted by molar-refractivity contribution is 5.85. The molecule has 1 aliphatic carbocycles. The van der Waals surface area contributed by atoms with Crippen LogP contribution < -0.4 is 17.7 Å². The van der Waals surface area contributed by atoms with Crippen molar-refractivity contribution in [3.63, 3.8) is 0 Å². The van der Waals surface area contributed by atoms with Crippen LogP contribution in [0.15, 0.2) is 41.1 Å². The second-order valence-electron chi connectivity index (χ2n) is 8.49. The topological polar surface area (TPSA) is 49.3 Å². The summed E-state index contributed by atoms with van der Waals surface area (Å²) in [4.78, 5) is 12.2. The van der Waals surface area contributed by atoms with Gasteiger partial charge < -0.3 is 27.3 Å². The fourth-order valence-electron chi connectivity index (χ4n) is 6.73. The standard InChI is InChI=1S/C22H26N2O2.ClH/c1-3-9-24-10-8-22-17-6-5-7-18(26)20(17)23-21(22)16(13-25)15(11-19(22)24)14(4-2)12-24;/h4-7,13,15,19H,3,8-12H2,1-2H3,(H-,23,25,26);1H/t15-,19-,22?,24?;/m0./s1. The van der Waals surface area contributed by atoms with E-state index in [9.17, 15) is 9.90 Å². The number of carbonyl (C=O) groups is 1. The van der Waals surface area contributed by atoms with Crippen molar-refractivity contribution in [2.75, 3.05) is 25.0 Å². The van der Waals surface area contributed by atoms with Crippen LogP contribution >= 0.6 is 0 Å². The van der Waals surface area contributed by atoms with Crippen LogP contribution in [0.1, 0.15) is 38.7 Å². The van der Waals surface area contributed by atoms with Gasteiger partial charge in [0.05, 0.1) is 24.2 Å². The Morgan fingerprint density at radius 3 is 2.93 bits per heavy atom. The van der Waals surface area contributed by atoms with Crippen LogP contribution in [-0.2, 0) is 10.2 Å². The van der Waals surface area contributed by atoms with E-state index >= 15 is 0 Å². The number of aldehydes is 1. The Bertz CT molecular complexity index is 877. The van der Waals surface area contributed by atoms with Crippen LogP contribution in [0.5, 0.6) is 5.75 Å². The predicted molar refractivity (Wildman–Crippen MR) is 102 cm³/mol. The number of para-hydroxylation sites is 1. The van der Waals surface area contributed by atoms with Gasteiger partial charge in [0, 0.05) is 30.0 Å². The van der Waals surface area contributed by atoms with E-state index in [-0.39, 0.29) is 23.7 Å². The molecule has 2 bridgehead atoms. The van der Waals surface area contributed by atoms with Gasteiger partial charge in [-0.3, -0.25) is 4.79 Å². The minimum Gasteiger partial charge on any atom is -1.00 e. The molecule has 3 aliphatic heterocycles. The number of nitrogens with one attached hydrogen (secondary N) is 1. The van der Waals surface area contributed by atoms with Crippen molar-refractivity contribution < 1.29 is 26.8 Å². The monoisotopic (exact) mass is 386 g/mol. The lowest BCUT2D eigenvalue weighted by Crippen LogP contribution is -3.00. The molecule has 5 heteroatoms. The van der Waals surface area contributed by atoms with Crippen molar-refractivity contribution in [1.29, 1.82) is 0 Å². The molecule has 2 N–H and O–H groups in total. The summed E-state index contributed by atoms with van der Waals surface area (Å²) in [5, 5.41) is 14.0. The van der Waals surface area contributed by atoms with Gasteiger partial charge in [-0.2, -0.15) is 0 Å². The van der Waals surface area contributed by atoms with Gasteiger partial charge in [0.2, 0.25) is 0 Å². The van der Waals surface area contributed by atoms with E-state index in [0.29, 0.717) is 11.8 Å². The maximum Gasteiger partial charge on any atom is 0.148 e. The molecule has 0 radical (unpaired) electrons. The van der Waals surface area contributed by atoms with Gasteiger partial charge in [0.25, 0.3) is 0 Å². The number of rotatable bonds is 3. The van der Waals surface area contributed by atoms with Gasteiger partial charge in [0.1, 0.15) is 24.6 Å². The highest BCUT2D eigenvalue weighted by atomic mass is 35.5. The SMILES string of the molecule is CC=C1C[N+]2(CCC)CCC34C(=C(C=O)[C@H]1C[C@@H]32)Nc1c(O)cccc14.[Cl-]. The number of anilines is 1. The zero-order valence-corrected chi connectivity index (χ0v) is 16.7. The molecule has 4 aliphatic rings. The number of benzene rings is 1. The smallest absolute Gasteiger partial charge is 0.148 e. The minimum atomic E-state index is -0.130. The molecule has 0 aromatic heterocycles. The van der Waals surface area contributed by atoms with E-state index in [2.05, 4.69) is 31.3 Å². The third-order valence-corrected chi connectivity index (χ3v) is 7.64. The van der Waals surface area contributed by atoms with Gasteiger partial charge in [-0.25, -0.2) is 0 Å². The number of phenolic OH excluding ortho intramolecular Hbond substituents is 1. The number of fused-ring (bicyclic) bond motifs is 2. The molecule has 0 saturated carbocycles. The van der Waals surface area contributed by atoms with Gasteiger partial charge in [-0.05, 0) is 30.5 Å². The Balaban J connectivity index is 0.00000180. The van der Waals surface area contributed by atoms with Crippen molar-refractivity contribution in [2.24, 2.45) is 5.92 Å². The number of hydrogen-bond donors (Lipinski definition) is 2. The number of quaternary nitrogens is 1. The number of nitrogens with zero attached hydrogens (tertiary/aromatic N) is 1. The fraction of sp³-hybridized carbons (Fsp3) is 0.500. The third kappa shape index (κ3) is 2.06. The molecule has 2 saturated heterocycles. The van der Waals surface area contributed by atoms with Gasteiger partial charge in [-0.15, -0.1) is 0 Å². The lowest BCUT2D eigenvalue weighted by atomic mass is 9.61. The zero-order valence-electron chi connectivity index (χ0n) is 16.0. The van der Waals surface area contributed by atoms with Crippen molar-refractivity contribution in [2.45, 2.75) is 44.6 Å². The van der Waals surface area contributed by atoms with Crippen LogP contribution in [0, 0.1) is 5.92 Å². The average molecular weight is 387 g/mol. The Hall–Kier alpha value is -1.78. The molecule has 2 fully saturated rings. The lowest BCUT2D eigenvalue weighted by Gasteiger charge is -2.53. The zero-order chi connectivity index (χ0) is 18.1. The van der Waals surface area contributed by atoms with Gasteiger partial charge in [0.15, 0.2) is 0 Å². The second kappa shape index (κ2) is 6.11. The molecule has 4 atom stereocenters. The summed E-state index contributed by atoms with van der Waals surface area (Å²) in [6, 6.07) is 6.35. The Morgan fingerprint density at radius 2 is 2.22 bits per heavy atom. The van der Waals surface area contributed by atoms with E-state index in [1.807, 2.05) is 6.07 Å². The maximum absolute atomic E-state index is 12.2. The summed E-state index contributed by atoms with van der Waals surface area (Å²) in [6.07, 6.45) is 6.60. The van der Waals surface area contributed by atoms with E-state index in [4.69, 9.17) is 0 Å². The first kappa shape index (κ1) is 18.6. The molecule has 5 rings (SSSR count).